The molecule has 0 aromatic heterocycles. The van der Waals surface area contributed by atoms with Crippen molar-refractivity contribution in [3.63, 3.8) is 0 Å². The fourth-order valence-corrected chi connectivity index (χ4v) is 0.846. The Balaban J connectivity index is 4.09. The summed E-state index contributed by atoms with van der Waals surface area (Å²) in [6, 6.07) is 0. The van der Waals surface area contributed by atoms with Gasteiger partial charge in [0.05, 0.1) is 0 Å². The average molecular weight is 173 g/mol. The molecule has 7 N–H and O–H groups in total. The lowest BCUT2D eigenvalue weighted by atomic mass is 10.0. The van der Waals surface area contributed by atoms with Gasteiger partial charge in [-0.3, -0.25) is 10.2 Å². The zero-order valence-electron chi connectivity index (χ0n) is 7.08. The van der Waals surface area contributed by atoms with Crippen LogP contribution in [0.2, 0.25) is 0 Å². The number of amidine groups is 1. The molecule has 0 fully saturated rings. The summed E-state index contributed by atoms with van der Waals surface area (Å²) in [7, 11) is 0. The number of nitrogens with zero attached hydrogens (tertiary/aromatic N) is 1. The monoisotopic (exact) mass is 173 g/mol. The Morgan fingerprint density at radius 1 is 1.67 bits per heavy atom. The van der Waals surface area contributed by atoms with Gasteiger partial charge in [-0.25, -0.2) is 5.84 Å². The molecule has 0 aromatic carbocycles. The molecule has 6 nitrogen and oxygen atoms in total. The first-order chi connectivity index (χ1) is 5.65. The molecule has 1 atom stereocenters. The second kappa shape index (κ2) is 5.36. The summed E-state index contributed by atoms with van der Waals surface area (Å²) >= 11 is 0. The van der Waals surface area contributed by atoms with Crippen LogP contribution in [0.1, 0.15) is 19.8 Å². The van der Waals surface area contributed by atoms with Crippen LogP contribution in [0.25, 0.3) is 0 Å². The number of hydrazone groups is 1. The van der Waals surface area contributed by atoms with Crippen LogP contribution in [0.3, 0.4) is 0 Å². The van der Waals surface area contributed by atoms with Crippen LogP contribution in [-0.2, 0) is 4.79 Å². The van der Waals surface area contributed by atoms with Crippen molar-refractivity contribution in [3.05, 3.63) is 0 Å². The molecule has 0 aliphatic rings. The van der Waals surface area contributed by atoms with Crippen molar-refractivity contribution in [1.82, 2.24) is 5.43 Å². The molecule has 0 bridgehead atoms. The fourth-order valence-electron chi connectivity index (χ4n) is 0.846. The van der Waals surface area contributed by atoms with Gasteiger partial charge in [0.1, 0.15) is 5.84 Å². The summed E-state index contributed by atoms with van der Waals surface area (Å²) in [5.74, 6) is 9.75. The molecule has 0 saturated heterocycles. The Labute approximate surface area is 71.1 Å². The number of carbonyl (C=O) groups is 1. The summed E-state index contributed by atoms with van der Waals surface area (Å²) in [5.41, 5.74) is 7.45. The van der Waals surface area contributed by atoms with E-state index in [0.717, 1.165) is 0 Å². The predicted molar refractivity (Wildman–Crippen MR) is 46.5 cm³/mol. The van der Waals surface area contributed by atoms with E-state index in [2.05, 4.69) is 5.10 Å². The molecule has 0 spiro atoms. The summed E-state index contributed by atoms with van der Waals surface area (Å²) in [5, 5.41) is 3.32. The number of amides is 1. The maximum absolute atomic E-state index is 10.8. The Hall–Kier alpha value is -1.30. The second-order valence-electron chi connectivity index (χ2n) is 2.43. The highest BCUT2D eigenvalue weighted by molar-refractivity contribution is 5.87. The van der Waals surface area contributed by atoms with Crippen molar-refractivity contribution in [1.29, 1.82) is 0 Å². The zero-order valence-corrected chi connectivity index (χ0v) is 7.08. The third-order valence-electron chi connectivity index (χ3n) is 1.65. The van der Waals surface area contributed by atoms with Gasteiger partial charge in [0.25, 0.3) is 0 Å². The summed E-state index contributed by atoms with van der Waals surface area (Å²) in [6.07, 6.45) is 0.930. The molecule has 0 aliphatic heterocycles. The van der Waals surface area contributed by atoms with E-state index >= 15 is 0 Å². The Kier molecular flexibility index (Phi) is 4.78. The van der Waals surface area contributed by atoms with Gasteiger partial charge in [0.15, 0.2) is 0 Å². The van der Waals surface area contributed by atoms with Crippen LogP contribution < -0.4 is 22.8 Å². The lowest BCUT2D eigenvalue weighted by Gasteiger charge is -2.11. The van der Waals surface area contributed by atoms with E-state index in [4.69, 9.17) is 17.4 Å². The molecule has 0 saturated carbocycles. The van der Waals surface area contributed by atoms with Crippen LogP contribution in [-0.4, -0.2) is 11.7 Å². The number of nitrogens with two attached hydrogens (primary N) is 3. The van der Waals surface area contributed by atoms with E-state index in [9.17, 15) is 4.79 Å². The Morgan fingerprint density at radius 3 is 2.58 bits per heavy atom. The first-order valence-corrected chi connectivity index (χ1v) is 3.68. The normalized spacial score (nSPS) is 14.0. The van der Waals surface area contributed by atoms with Gasteiger partial charge in [-0.15, -0.1) is 0 Å². The van der Waals surface area contributed by atoms with Crippen LogP contribution in [0, 0.1) is 5.92 Å². The van der Waals surface area contributed by atoms with Gasteiger partial charge in [-0.2, -0.15) is 5.10 Å². The zero-order chi connectivity index (χ0) is 9.56. The lowest BCUT2D eigenvalue weighted by Crippen LogP contribution is -2.35. The van der Waals surface area contributed by atoms with E-state index in [0.29, 0.717) is 6.42 Å². The first-order valence-electron chi connectivity index (χ1n) is 3.68. The molecule has 0 aromatic rings. The van der Waals surface area contributed by atoms with Crippen LogP contribution in [0.5, 0.6) is 0 Å². The summed E-state index contributed by atoms with van der Waals surface area (Å²) in [4.78, 5) is 10.8. The Morgan fingerprint density at radius 2 is 2.25 bits per heavy atom. The number of hydrogen-bond acceptors (Lipinski definition) is 4. The molecule has 1 unspecified atom stereocenters. The minimum Gasteiger partial charge on any atom is -0.385 e. The maximum Gasteiger partial charge on any atom is 0.234 e. The van der Waals surface area contributed by atoms with E-state index in [-0.39, 0.29) is 24.1 Å². The number of carbonyl (C=O) groups excluding carboxylic acids is 1. The van der Waals surface area contributed by atoms with Crippen LogP contribution >= 0.6 is 0 Å². The van der Waals surface area contributed by atoms with Crippen LogP contribution in [0.15, 0.2) is 5.10 Å². The quantitative estimate of drug-likeness (QED) is 0.138. The van der Waals surface area contributed by atoms with Crippen molar-refractivity contribution in [3.8, 4) is 0 Å². The molecule has 1 amide bonds. The maximum atomic E-state index is 10.8. The molecule has 0 heterocycles. The number of hydrazine groups is 1. The highest BCUT2D eigenvalue weighted by Crippen LogP contribution is 2.07. The molecule has 6 heteroatoms. The van der Waals surface area contributed by atoms with E-state index < -0.39 is 0 Å². The van der Waals surface area contributed by atoms with Crippen molar-refractivity contribution >= 4 is 11.7 Å². The molecular formula is C6H15N5O. The molecule has 0 aliphatic carbocycles. The van der Waals surface area contributed by atoms with Crippen molar-refractivity contribution in [2.24, 2.45) is 28.4 Å². The van der Waals surface area contributed by atoms with Gasteiger partial charge in [0, 0.05) is 12.3 Å². The standard InChI is InChI=1S/C6H15N5O/c1-2-4(6(7)11-9)3-5(12)10-8/h4H,2-3,8-9H2,1H3,(H2,7,11)(H,10,12). The number of rotatable bonds is 4. The van der Waals surface area contributed by atoms with E-state index in [1.54, 1.807) is 0 Å². The fraction of sp³-hybridized carbons (Fsp3) is 0.667. The van der Waals surface area contributed by atoms with Gasteiger partial charge in [0.2, 0.25) is 5.91 Å². The topological polar surface area (TPSA) is 120 Å². The van der Waals surface area contributed by atoms with Gasteiger partial charge < -0.3 is 11.6 Å². The SMILES string of the molecule is CCC(CC(=O)NN)/C(N)=N\N. The minimum atomic E-state index is -0.270. The smallest absolute Gasteiger partial charge is 0.234 e. The Bertz CT molecular complexity index is 179. The third-order valence-corrected chi connectivity index (χ3v) is 1.65. The van der Waals surface area contributed by atoms with Gasteiger partial charge >= 0.3 is 0 Å². The highest BCUT2D eigenvalue weighted by atomic mass is 16.2. The second-order valence-corrected chi connectivity index (χ2v) is 2.43. The van der Waals surface area contributed by atoms with Crippen molar-refractivity contribution < 1.29 is 4.79 Å². The molecule has 12 heavy (non-hydrogen) atoms. The van der Waals surface area contributed by atoms with Gasteiger partial charge in [-0.05, 0) is 6.42 Å². The highest BCUT2D eigenvalue weighted by Gasteiger charge is 2.14. The lowest BCUT2D eigenvalue weighted by molar-refractivity contribution is -0.121. The van der Waals surface area contributed by atoms with Crippen LogP contribution in [0.4, 0.5) is 0 Å². The summed E-state index contributed by atoms with van der Waals surface area (Å²) in [6.45, 7) is 1.90. The molecule has 70 valence electrons. The number of hydrogen-bond donors (Lipinski definition) is 4. The minimum absolute atomic E-state index is 0.126. The largest absolute Gasteiger partial charge is 0.385 e. The van der Waals surface area contributed by atoms with E-state index in [1.165, 1.54) is 0 Å². The molecule has 0 radical (unpaired) electrons. The van der Waals surface area contributed by atoms with Crippen molar-refractivity contribution in [2.75, 3.05) is 0 Å². The first kappa shape index (κ1) is 10.7. The number of nitrogens with one attached hydrogen (secondary N) is 1. The third kappa shape index (κ3) is 3.20. The van der Waals surface area contributed by atoms with Crippen molar-refractivity contribution in [2.45, 2.75) is 19.8 Å². The van der Waals surface area contributed by atoms with Gasteiger partial charge in [-0.1, -0.05) is 6.92 Å². The van der Waals surface area contributed by atoms with E-state index in [1.807, 2.05) is 12.3 Å². The molecule has 0 rings (SSSR count). The summed E-state index contributed by atoms with van der Waals surface area (Å²) < 4.78 is 0. The average Bonchev–Trinajstić information content (AvgIpc) is 2.12. The molecular weight excluding hydrogens is 158 g/mol. The predicted octanol–water partition coefficient (Wildman–Crippen LogP) is -1.38.